The van der Waals surface area contributed by atoms with Crippen LogP contribution in [-0.4, -0.2) is 11.0 Å². The Balaban J connectivity index is 2.23. The number of hydrogen-bond donors (Lipinski definition) is 2. The number of unbranched alkanes of at least 4 members (excludes halogenated alkanes) is 2. The second-order valence-corrected chi connectivity index (χ2v) is 4.67. The molecule has 3 nitrogen and oxygen atoms in total. The molecule has 0 aliphatic heterocycles. The number of nitrogens with two attached hydrogens (primary N) is 1. The highest BCUT2D eigenvalue weighted by Gasteiger charge is 2.04. The lowest BCUT2D eigenvalue weighted by Crippen LogP contribution is -2.14. The standard InChI is InChI=1S/C10H19N3S/c1-3-4-5-6-8(2)13-10-12-7-9(11)14-10/h7-8H,3-6,11H2,1-2H3,(H,12,13). The molecule has 0 aromatic carbocycles. The lowest BCUT2D eigenvalue weighted by Gasteiger charge is -2.11. The van der Waals surface area contributed by atoms with Crippen LogP contribution in [0.2, 0.25) is 0 Å². The summed E-state index contributed by atoms with van der Waals surface area (Å²) in [5.74, 6) is 0. The second kappa shape index (κ2) is 5.86. The lowest BCUT2D eigenvalue weighted by molar-refractivity contribution is 0.615. The monoisotopic (exact) mass is 213 g/mol. The maximum Gasteiger partial charge on any atom is 0.184 e. The van der Waals surface area contributed by atoms with Crippen molar-refractivity contribution in [3.05, 3.63) is 6.20 Å². The predicted octanol–water partition coefficient (Wildman–Crippen LogP) is 3.11. The van der Waals surface area contributed by atoms with E-state index in [4.69, 9.17) is 5.73 Å². The molecule has 4 heteroatoms. The molecule has 80 valence electrons. The number of rotatable bonds is 6. The van der Waals surface area contributed by atoms with Crippen molar-refractivity contribution in [3.63, 3.8) is 0 Å². The highest BCUT2D eigenvalue weighted by Crippen LogP contribution is 2.21. The van der Waals surface area contributed by atoms with Crippen LogP contribution in [0.5, 0.6) is 0 Å². The molecular weight excluding hydrogens is 194 g/mol. The summed E-state index contributed by atoms with van der Waals surface area (Å²) >= 11 is 1.51. The van der Waals surface area contributed by atoms with Crippen LogP contribution in [0.4, 0.5) is 10.1 Å². The third-order valence-corrected chi connectivity index (χ3v) is 2.89. The average Bonchev–Trinajstić information content (AvgIpc) is 2.52. The van der Waals surface area contributed by atoms with Gasteiger partial charge in [-0.1, -0.05) is 37.5 Å². The molecule has 1 heterocycles. The Morgan fingerprint density at radius 2 is 2.36 bits per heavy atom. The van der Waals surface area contributed by atoms with Gasteiger partial charge in [0.05, 0.1) is 6.20 Å². The summed E-state index contributed by atoms with van der Waals surface area (Å²) < 4.78 is 0. The fraction of sp³-hybridized carbons (Fsp3) is 0.700. The molecule has 0 amide bonds. The Kier molecular flexibility index (Phi) is 4.73. The van der Waals surface area contributed by atoms with Gasteiger partial charge in [-0.05, 0) is 13.3 Å². The van der Waals surface area contributed by atoms with Crippen molar-refractivity contribution >= 4 is 21.5 Å². The molecule has 1 aromatic heterocycles. The van der Waals surface area contributed by atoms with E-state index in [-0.39, 0.29) is 0 Å². The minimum absolute atomic E-state index is 0.493. The SMILES string of the molecule is CCCCCC(C)Nc1ncc(N)s1. The van der Waals surface area contributed by atoms with E-state index in [0.29, 0.717) is 6.04 Å². The number of hydrogen-bond acceptors (Lipinski definition) is 4. The molecule has 1 unspecified atom stereocenters. The highest BCUT2D eigenvalue weighted by atomic mass is 32.1. The van der Waals surface area contributed by atoms with E-state index in [9.17, 15) is 0 Å². The molecule has 0 aliphatic rings. The number of nitrogen functional groups attached to an aromatic ring is 1. The first-order chi connectivity index (χ1) is 6.72. The molecule has 0 aliphatic carbocycles. The van der Waals surface area contributed by atoms with E-state index in [1.165, 1.54) is 37.0 Å². The van der Waals surface area contributed by atoms with Crippen molar-refractivity contribution in [3.8, 4) is 0 Å². The minimum Gasteiger partial charge on any atom is -0.389 e. The Labute approximate surface area is 89.7 Å². The van der Waals surface area contributed by atoms with Crippen LogP contribution in [0.25, 0.3) is 0 Å². The molecular formula is C10H19N3S. The van der Waals surface area contributed by atoms with Gasteiger partial charge < -0.3 is 11.1 Å². The first kappa shape index (κ1) is 11.3. The number of nitrogens with zero attached hydrogens (tertiary/aromatic N) is 1. The second-order valence-electron chi connectivity index (χ2n) is 3.61. The van der Waals surface area contributed by atoms with Gasteiger partial charge in [0.15, 0.2) is 5.13 Å². The molecule has 0 radical (unpaired) electrons. The van der Waals surface area contributed by atoms with Crippen LogP contribution in [0.15, 0.2) is 6.20 Å². The summed E-state index contributed by atoms with van der Waals surface area (Å²) in [6, 6.07) is 0.493. The van der Waals surface area contributed by atoms with Gasteiger partial charge in [0, 0.05) is 6.04 Å². The lowest BCUT2D eigenvalue weighted by atomic mass is 10.1. The normalized spacial score (nSPS) is 12.7. The van der Waals surface area contributed by atoms with E-state index in [2.05, 4.69) is 24.1 Å². The molecule has 1 aromatic rings. The molecule has 0 bridgehead atoms. The van der Waals surface area contributed by atoms with Gasteiger partial charge in [0.2, 0.25) is 0 Å². The maximum absolute atomic E-state index is 5.59. The Bertz CT molecular complexity index is 260. The van der Waals surface area contributed by atoms with Gasteiger partial charge in [-0.25, -0.2) is 4.98 Å². The molecule has 1 rings (SSSR count). The smallest absolute Gasteiger partial charge is 0.184 e. The fourth-order valence-electron chi connectivity index (χ4n) is 1.34. The van der Waals surface area contributed by atoms with Crippen LogP contribution in [0, 0.1) is 0 Å². The van der Waals surface area contributed by atoms with Gasteiger partial charge in [0.25, 0.3) is 0 Å². The summed E-state index contributed by atoms with van der Waals surface area (Å²) in [7, 11) is 0. The molecule has 0 saturated heterocycles. The van der Waals surface area contributed by atoms with E-state index >= 15 is 0 Å². The van der Waals surface area contributed by atoms with Crippen LogP contribution in [0.1, 0.15) is 39.5 Å². The summed E-state index contributed by atoms with van der Waals surface area (Å²) in [6.45, 7) is 4.41. The van der Waals surface area contributed by atoms with Crippen molar-refractivity contribution < 1.29 is 0 Å². The highest BCUT2D eigenvalue weighted by molar-refractivity contribution is 7.19. The molecule has 1 atom stereocenters. The van der Waals surface area contributed by atoms with Crippen molar-refractivity contribution in [2.45, 2.75) is 45.6 Å². The van der Waals surface area contributed by atoms with Crippen LogP contribution in [-0.2, 0) is 0 Å². The van der Waals surface area contributed by atoms with Crippen molar-refractivity contribution in [2.75, 3.05) is 11.1 Å². The van der Waals surface area contributed by atoms with Crippen LogP contribution in [0.3, 0.4) is 0 Å². The van der Waals surface area contributed by atoms with Crippen LogP contribution < -0.4 is 11.1 Å². The summed E-state index contributed by atoms with van der Waals surface area (Å²) in [5, 5.41) is 5.06. The zero-order valence-corrected chi connectivity index (χ0v) is 9.73. The van der Waals surface area contributed by atoms with Gasteiger partial charge in [0.1, 0.15) is 5.00 Å². The van der Waals surface area contributed by atoms with Crippen molar-refractivity contribution in [1.82, 2.24) is 4.98 Å². The zero-order chi connectivity index (χ0) is 10.4. The Morgan fingerprint density at radius 3 is 2.93 bits per heavy atom. The number of anilines is 2. The summed E-state index contributed by atoms with van der Waals surface area (Å²) in [6.07, 6.45) is 6.77. The van der Waals surface area contributed by atoms with Gasteiger partial charge >= 0.3 is 0 Å². The zero-order valence-electron chi connectivity index (χ0n) is 8.92. The topological polar surface area (TPSA) is 50.9 Å². The molecule has 0 spiro atoms. The Morgan fingerprint density at radius 1 is 1.57 bits per heavy atom. The van der Waals surface area contributed by atoms with Gasteiger partial charge in [-0.3, -0.25) is 0 Å². The van der Waals surface area contributed by atoms with E-state index in [1.54, 1.807) is 6.20 Å². The largest absolute Gasteiger partial charge is 0.389 e. The van der Waals surface area contributed by atoms with Crippen molar-refractivity contribution in [1.29, 1.82) is 0 Å². The van der Waals surface area contributed by atoms with E-state index in [0.717, 1.165) is 10.1 Å². The number of aromatic nitrogens is 1. The number of nitrogens with one attached hydrogen (secondary N) is 1. The third kappa shape index (κ3) is 3.96. The quantitative estimate of drug-likeness (QED) is 0.714. The Hall–Kier alpha value is -0.770. The average molecular weight is 213 g/mol. The third-order valence-electron chi connectivity index (χ3n) is 2.13. The summed E-state index contributed by atoms with van der Waals surface area (Å²) in [4.78, 5) is 4.17. The molecule has 14 heavy (non-hydrogen) atoms. The maximum atomic E-state index is 5.59. The van der Waals surface area contributed by atoms with E-state index in [1.807, 2.05) is 0 Å². The molecule has 0 fully saturated rings. The number of thiazole rings is 1. The van der Waals surface area contributed by atoms with Gasteiger partial charge in [-0.15, -0.1) is 0 Å². The van der Waals surface area contributed by atoms with E-state index < -0.39 is 0 Å². The first-order valence-corrected chi connectivity index (χ1v) is 6.02. The van der Waals surface area contributed by atoms with Gasteiger partial charge in [-0.2, -0.15) is 0 Å². The molecule has 0 saturated carbocycles. The first-order valence-electron chi connectivity index (χ1n) is 5.20. The predicted molar refractivity (Wildman–Crippen MR) is 63.8 cm³/mol. The summed E-state index contributed by atoms with van der Waals surface area (Å²) in [5.41, 5.74) is 5.59. The fourth-order valence-corrected chi connectivity index (χ4v) is 2.03. The van der Waals surface area contributed by atoms with Crippen molar-refractivity contribution in [2.24, 2.45) is 0 Å². The van der Waals surface area contributed by atoms with Crippen LogP contribution >= 0.6 is 11.3 Å². The minimum atomic E-state index is 0.493. The molecule has 3 N–H and O–H groups in total.